The molecule has 3 N–H and O–H groups in total. The van der Waals surface area contributed by atoms with Gasteiger partial charge in [0.2, 0.25) is 5.91 Å². The molecule has 0 rings (SSSR count). The van der Waals surface area contributed by atoms with Gasteiger partial charge in [0.05, 0.1) is 5.54 Å². The van der Waals surface area contributed by atoms with Crippen LogP contribution in [-0.4, -0.2) is 17.5 Å². The van der Waals surface area contributed by atoms with Crippen LogP contribution in [-0.2, 0) is 4.79 Å². The number of carbonyl (C=O) groups excluding carboxylic acids is 1. The Morgan fingerprint density at radius 2 is 1.92 bits per heavy atom. The summed E-state index contributed by atoms with van der Waals surface area (Å²) in [7, 11) is 0. The minimum Gasteiger partial charge on any atom is -0.368 e. The van der Waals surface area contributed by atoms with E-state index in [2.05, 4.69) is 19.2 Å². The zero-order valence-electron chi connectivity index (χ0n) is 9.35. The highest BCUT2D eigenvalue weighted by molar-refractivity contribution is 5.84. The smallest absolute Gasteiger partial charge is 0.237 e. The molecule has 0 fully saturated rings. The van der Waals surface area contributed by atoms with E-state index in [-0.39, 0.29) is 11.8 Å². The molecular formula is C10H22N2O. The van der Waals surface area contributed by atoms with E-state index >= 15 is 0 Å². The van der Waals surface area contributed by atoms with Gasteiger partial charge in [-0.05, 0) is 26.2 Å². The van der Waals surface area contributed by atoms with Gasteiger partial charge in [0.25, 0.3) is 0 Å². The molecule has 0 aromatic rings. The third-order valence-electron chi connectivity index (χ3n) is 2.83. The molecule has 0 aliphatic carbocycles. The number of nitrogens with two attached hydrogens (primary N) is 1. The second-order valence-corrected chi connectivity index (χ2v) is 4.17. The standard InChI is InChI=1S/C10H22N2O/c1-6-8(4)12-10(5,7(2)3)9(11)13/h7-8,12H,6H2,1-5H3,(H2,11,13). The van der Waals surface area contributed by atoms with Crippen LogP contribution in [0.1, 0.15) is 41.0 Å². The molecule has 0 heterocycles. The van der Waals surface area contributed by atoms with E-state index < -0.39 is 5.54 Å². The lowest BCUT2D eigenvalue weighted by atomic mass is 9.87. The maximum atomic E-state index is 11.3. The summed E-state index contributed by atoms with van der Waals surface area (Å²) in [6, 6.07) is 0.319. The number of amides is 1. The molecule has 0 aliphatic rings. The fourth-order valence-electron chi connectivity index (χ4n) is 1.14. The monoisotopic (exact) mass is 186 g/mol. The summed E-state index contributed by atoms with van der Waals surface area (Å²) in [5.41, 5.74) is 4.79. The average molecular weight is 186 g/mol. The van der Waals surface area contributed by atoms with E-state index in [9.17, 15) is 4.79 Å². The lowest BCUT2D eigenvalue weighted by molar-refractivity contribution is -0.125. The summed E-state index contributed by atoms with van der Waals surface area (Å²) >= 11 is 0. The first kappa shape index (κ1) is 12.4. The first-order valence-electron chi connectivity index (χ1n) is 4.92. The number of nitrogens with one attached hydrogen (secondary N) is 1. The highest BCUT2D eigenvalue weighted by Crippen LogP contribution is 2.17. The van der Waals surface area contributed by atoms with Crippen LogP contribution in [0, 0.1) is 5.92 Å². The zero-order chi connectivity index (χ0) is 10.6. The molecule has 78 valence electrons. The van der Waals surface area contributed by atoms with Crippen molar-refractivity contribution in [2.24, 2.45) is 11.7 Å². The van der Waals surface area contributed by atoms with Crippen LogP contribution >= 0.6 is 0 Å². The van der Waals surface area contributed by atoms with E-state index in [1.807, 2.05) is 20.8 Å². The van der Waals surface area contributed by atoms with Gasteiger partial charge in [-0.3, -0.25) is 4.79 Å². The van der Waals surface area contributed by atoms with Crippen molar-refractivity contribution in [1.82, 2.24) is 5.32 Å². The Morgan fingerprint density at radius 3 is 2.15 bits per heavy atom. The molecule has 0 radical (unpaired) electrons. The normalized spacial score (nSPS) is 18.3. The van der Waals surface area contributed by atoms with Crippen LogP contribution in [0.3, 0.4) is 0 Å². The summed E-state index contributed by atoms with van der Waals surface area (Å²) < 4.78 is 0. The third-order valence-corrected chi connectivity index (χ3v) is 2.83. The summed E-state index contributed by atoms with van der Waals surface area (Å²) in [5, 5.41) is 3.27. The van der Waals surface area contributed by atoms with Gasteiger partial charge in [-0.15, -0.1) is 0 Å². The van der Waals surface area contributed by atoms with E-state index in [0.29, 0.717) is 6.04 Å². The summed E-state index contributed by atoms with van der Waals surface area (Å²) in [6.07, 6.45) is 0.996. The van der Waals surface area contributed by atoms with Crippen molar-refractivity contribution in [3.63, 3.8) is 0 Å². The largest absolute Gasteiger partial charge is 0.368 e. The Kier molecular flexibility index (Phi) is 4.40. The van der Waals surface area contributed by atoms with Gasteiger partial charge in [-0.25, -0.2) is 0 Å². The van der Waals surface area contributed by atoms with Crippen molar-refractivity contribution in [1.29, 1.82) is 0 Å². The molecule has 0 saturated carbocycles. The van der Waals surface area contributed by atoms with Crippen molar-refractivity contribution in [3.05, 3.63) is 0 Å². The number of rotatable bonds is 5. The van der Waals surface area contributed by atoms with Gasteiger partial charge < -0.3 is 11.1 Å². The highest BCUT2D eigenvalue weighted by Gasteiger charge is 2.35. The molecule has 2 unspecified atom stereocenters. The molecule has 0 saturated heterocycles. The maximum absolute atomic E-state index is 11.3. The predicted octanol–water partition coefficient (Wildman–Crippen LogP) is 1.27. The van der Waals surface area contributed by atoms with Gasteiger partial charge in [0, 0.05) is 6.04 Å². The maximum Gasteiger partial charge on any atom is 0.237 e. The minimum atomic E-state index is -0.588. The van der Waals surface area contributed by atoms with Gasteiger partial charge in [0.1, 0.15) is 0 Å². The molecule has 1 amide bonds. The molecule has 0 aliphatic heterocycles. The van der Waals surface area contributed by atoms with Crippen molar-refractivity contribution in [3.8, 4) is 0 Å². The van der Waals surface area contributed by atoms with Crippen LogP contribution in [0.5, 0.6) is 0 Å². The molecule has 3 nitrogen and oxygen atoms in total. The van der Waals surface area contributed by atoms with Crippen LogP contribution < -0.4 is 11.1 Å². The fraction of sp³-hybridized carbons (Fsp3) is 0.900. The van der Waals surface area contributed by atoms with Gasteiger partial charge in [0.15, 0.2) is 0 Å². The molecule has 3 heteroatoms. The highest BCUT2D eigenvalue weighted by atomic mass is 16.1. The van der Waals surface area contributed by atoms with Crippen molar-refractivity contribution in [2.75, 3.05) is 0 Å². The molecule has 2 atom stereocenters. The zero-order valence-corrected chi connectivity index (χ0v) is 9.35. The molecule has 0 spiro atoms. The van der Waals surface area contributed by atoms with Crippen LogP contribution in [0.4, 0.5) is 0 Å². The topological polar surface area (TPSA) is 55.1 Å². The SMILES string of the molecule is CCC(C)NC(C)(C(N)=O)C(C)C. The minimum absolute atomic E-state index is 0.207. The number of hydrogen-bond donors (Lipinski definition) is 2. The Balaban J connectivity index is 4.51. The van der Waals surface area contributed by atoms with E-state index in [4.69, 9.17) is 5.73 Å². The van der Waals surface area contributed by atoms with Gasteiger partial charge >= 0.3 is 0 Å². The number of carbonyl (C=O) groups is 1. The lowest BCUT2D eigenvalue weighted by Gasteiger charge is -2.34. The predicted molar refractivity (Wildman–Crippen MR) is 55.3 cm³/mol. The Bertz CT molecular complexity index is 180. The Labute approximate surface area is 81.1 Å². The quantitative estimate of drug-likeness (QED) is 0.679. The van der Waals surface area contributed by atoms with E-state index in [0.717, 1.165) is 6.42 Å². The molecular weight excluding hydrogens is 164 g/mol. The van der Waals surface area contributed by atoms with Gasteiger partial charge in [-0.2, -0.15) is 0 Å². The van der Waals surface area contributed by atoms with Crippen LogP contribution in [0.15, 0.2) is 0 Å². The second kappa shape index (κ2) is 4.61. The Morgan fingerprint density at radius 1 is 1.46 bits per heavy atom. The first-order chi connectivity index (χ1) is 5.84. The Hall–Kier alpha value is -0.570. The van der Waals surface area contributed by atoms with Gasteiger partial charge in [-0.1, -0.05) is 20.8 Å². The summed E-state index contributed by atoms with van der Waals surface area (Å²) in [5.74, 6) is -0.0678. The summed E-state index contributed by atoms with van der Waals surface area (Å²) in [4.78, 5) is 11.3. The van der Waals surface area contributed by atoms with Crippen molar-refractivity contribution < 1.29 is 4.79 Å². The molecule has 0 bridgehead atoms. The molecule has 13 heavy (non-hydrogen) atoms. The molecule has 0 aromatic carbocycles. The third kappa shape index (κ3) is 2.99. The molecule has 0 aromatic heterocycles. The average Bonchev–Trinajstić information content (AvgIpc) is 2.03. The van der Waals surface area contributed by atoms with Crippen molar-refractivity contribution in [2.45, 2.75) is 52.6 Å². The number of primary amides is 1. The van der Waals surface area contributed by atoms with Crippen LogP contribution in [0.2, 0.25) is 0 Å². The van der Waals surface area contributed by atoms with E-state index in [1.54, 1.807) is 0 Å². The van der Waals surface area contributed by atoms with Crippen LogP contribution in [0.25, 0.3) is 0 Å². The van der Waals surface area contributed by atoms with E-state index in [1.165, 1.54) is 0 Å². The summed E-state index contributed by atoms with van der Waals surface area (Å²) in [6.45, 7) is 10.0. The number of hydrogen-bond acceptors (Lipinski definition) is 2. The second-order valence-electron chi connectivity index (χ2n) is 4.17. The lowest BCUT2D eigenvalue weighted by Crippen LogP contribution is -2.59. The first-order valence-corrected chi connectivity index (χ1v) is 4.92. The van der Waals surface area contributed by atoms with Crippen molar-refractivity contribution >= 4 is 5.91 Å². The fourth-order valence-corrected chi connectivity index (χ4v) is 1.14.